The largest absolute Gasteiger partial charge is 0.352 e. The van der Waals surface area contributed by atoms with Crippen molar-refractivity contribution in [1.29, 1.82) is 0 Å². The van der Waals surface area contributed by atoms with Crippen LogP contribution in [0.3, 0.4) is 0 Å². The van der Waals surface area contributed by atoms with Gasteiger partial charge >= 0.3 is 0 Å². The van der Waals surface area contributed by atoms with Crippen LogP contribution in [-0.2, 0) is 0 Å². The van der Waals surface area contributed by atoms with E-state index in [1.165, 1.54) is 0 Å². The van der Waals surface area contributed by atoms with Gasteiger partial charge < -0.3 is 4.90 Å². The van der Waals surface area contributed by atoms with Gasteiger partial charge in [-0.3, -0.25) is 0 Å². The molecular formula is C13H14N6S. The minimum atomic E-state index is 0.389. The topological polar surface area (TPSA) is 59.7 Å². The normalized spacial score (nSPS) is 15.8. The van der Waals surface area contributed by atoms with Gasteiger partial charge in [0, 0.05) is 13.1 Å². The minimum absolute atomic E-state index is 0.389. The summed E-state index contributed by atoms with van der Waals surface area (Å²) < 4.78 is 2.03. The van der Waals surface area contributed by atoms with Gasteiger partial charge in [0.15, 0.2) is 0 Å². The maximum Gasteiger partial charge on any atom is 0.147 e. The summed E-state index contributed by atoms with van der Waals surface area (Å²) in [4.78, 5) is 16.4. The second kappa shape index (κ2) is 4.24. The van der Waals surface area contributed by atoms with Gasteiger partial charge in [0.05, 0.1) is 11.4 Å². The molecule has 20 heavy (non-hydrogen) atoms. The first-order chi connectivity index (χ1) is 9.72. The quantitative estimate of drug-likeness (QED) is 0.720. The highest BCUT2D eigenvalue weighted by atomic mass is 32.1. The summed E-state index contributed by atoms with van der Waals surface area (Å²) in [6.45, 7) is 5.78. The van der Waals surface area contributed by atoms with Crippen LogP contribution in [-0.4, -0.2) is 37.8 Å². The van der Waals surface area contributed by atoms with Gasteiger partial charge in [-0.15, -0.1) is 11.3 Å². The van der Waals surface area contributed by atoms with Crippen molar-refractivity contribution in [3.05, 3.63) is 29.4 Å². The number of anilines is 1. The molecule has 3 aromatic heterocycles. The van der Waals surface area contributed by atoms with E-state index in [-0.39, 0.29) is 0 Å². The molecule has 4 rings (SSSR count). The SMILES string of the molecule is Cc1nc(C)n(C2CN(c3ncnc4sccc34)C2)n1. The molecule has 1 aliphatic heterocycles. The van der Waals surface area contributed by atoms with Crippen molar-refractivity contribution in [3.8, 4) is 0 Å². The van der Waals surface area contributed by atoms with E-state index in [1.807, 2.05) is 18.5 Å². The molecule has 0 aliphatic carbocycles. The zero-order valence-corrected chi connectivity index (χ0v) is 12.1. The predicted molar refractivity (Wildman–Crippen MR) is 78.2 cm³/mol. The van der Waals surface area contributed by atoms with Gasteiger partial charge in [-0.25, -0.2) is 19.6 Å². The molecule has 102 valence electrons. The van der Waals surface area contributed by atoms with Crippen LogP contribution in [0.5, 0.6) is 0 Å². The van der Waals surface area contributed by atoms with Crippen molar-refractivity contribution in [3.63, 3.8) is 0 Å². The van der Waals surface area contributed by atoms with Crippen LogP contribution in [0, 0.1) is 13.8 Å². The minimum Gasteiger partial charge on any atom is -0.352 e. The fourth-order valence-corrected chi connectivity index (χ4v) is 3.42. The Labute approximate surface area is 120 Å². The molecule has 3 aromatic rings. The third-order valence-electron chi connectivity index (χ3n) is 3.66. The number of aryl methyl sites for hydroxylation is 2. The molecule has 0 bridgehead atoms. The third-order valence-corrected chi connectivity index (χ3v) is 4.48. The van der Waals surface area contributed by atoms with Crippen molar-refractivity contribution in [2.24, 2.45) is 0 Å². The van der Waals surface area contributed by atoms with Crippen LogP contribution in [0.15, 0.2) is 17.8 Å². The second-order valence-electron chi connectivity index (χ2n) is 5.05. The smallest absolute Gasteiger partial charge is 0.147 e. The molecule has 0 amide bonds. The van der Waals surface area contributed by atoms with Crippen molar-refractivity contribution in [2.45, 2.75) is 19.9 Å². The average molecular weight is 286 g/mol. The molecule has 0 aromatic carbocycles. The molecule has 0 atom stereocenters. The summed E-state index contributed by atoms with van der Waals surface area (Å²) in [5.74, 6) is 2.85. The van der Waals surface area contributed by atoms with E-state index >= 15 is 0 Å². The Morgan fingerprint density at radius 1 is 1.25 bits per heavy atom. The van der Waals surface area contributed by atoms with E-state index in [0.717, 1.165) is 40.8 Å². The Morgan fingerprint density at radius 2 is 2.10 bits per heavy atom. The van der Waals surface area contributed by atoms with Crippen molar-refractivity contribution in [2.75, 3.05) is 18.0 Å². The van der Waals surface area contributed by atoms with Gasteiger partial charge in [0.25, 0.3) is 0 Å². The monoisotopic (exact) mass is 286 g/mol. The van der Waals surface area contributed by atoms with Gasteiger partial charge in [-0.1, -0.05) is 0 Å². The molecule has 7 heteroatoms. The molecule has 0 N–H and O–H groups in total. The molecule has 0 spiro atoms. The van der Waals surface area contributed by atoms with Crippen LogP contribution < -0.4 is 4.90 Å². The molecular weight excluding hydrogens is 272 g/mol. The summed E-state index contributed by atoms with van der Waals surface area (Å²) in [7, 11) is 0. The molecule has 1 fully saturated rings. The fourth-order valence-electron chi connectivity index (χ4n) is 2.69. The van der Waals surface area contributed by atoms with Crippen molar-refractivity contribution < 1.29 is 0 Å². The van der Waals surface area contributed by atoms with Crippen LogP contribution in [0.25, 0.3) is 10.2 Å². The molecule has 6 nitrogen and oxygen atoms in total. The van der Waals surface area contributed by atoms with Gasteiger partial charge in [0.1, 0.15) is 28.6 Å². The maximum atomic E-state index is 4.46. The lowest BCUT2D eigenvalue weighted by atomic mass is 10.1. The lowest BCUT2D eigenvalue weighted by molar-refractivity contribution is 0.358. The lowest BCUT2D eigenvalue weighted by Gasteiger charge is -2.40. The zero-order chi connectivity index (χ0) is 13.7. The number of rotatable bonds is 2. The number of thiophene rings is 1. The number of hydrogen-bond donors (Lipinski definition) is 0. The van der Waals surface area contributed by atoms with E-state index < -0.39 is 0 Å². The van der Waals surface area contributed by atoms with Crippen LogP contribution in [0.1, 0.15) is 17.7 Å². The lowest BCUT2D eigenvalue weighted by Crippen LogP contribution is -2.49. The maximum absolute atomic E-state index is 4.46. The summed E-state index contributed by atoms with van der Waals surface area (Å²) in [5.41, 5.74) is 0. The molecule has 0 saturated carbocycles. The first kappa shape index (κ1) is 11.8. The van der Waals surface area contributed by atoms with Crippen molar-refractivity contribution >= 4 is 27.4 Å². The Morgan fingerprint density at radius 3 is 2.85 bits per heavy atom. The van der Waals surface area contributed by atoms with Gasteiger partial charge in [-0.05, 0) is 25.3 Å². The first-order valence-corrected chi connectivity index (χ1v) is 7.43. The summed E-state index contributed by atoms with van der Waals surface area (Å²) >= 11 is 1.65. The Balaban J connectivity index is 1.59. The van der Waals surface area contributed by atoms with Crippen LogP contribution in [0.2, 0.25) is 0 Å². The van der Waals surface area contributed by atoms with E-state index in [1.54, 1.807) is 17.7 Å². The Hall–Kier alpha value is -2.02. The number of nitrogens with zero attached hydrogens (tertiary/aromatic N) is 6. The summed E-state index contributed by atoms with van der Waals surface area (Å²) in [5, 5.41) is 7.66. The predicted octanol–water partition coefficient (Wildman–Crippen LogP) is 1.96. The molecule has 4 heterocycles. The van der Waals surface area contributed by atoms with Crippen LogP contribution >= 0.6 is 11.3 Å². The Kier molecular flexibility index (Phi) is 2.50. The highest BCUT2D eigenvalue weighted by Crippen LogP contribution is 2.32. The highest BCUT2D eigenvalue weighted by Gasteiger charge is 2.32. The number of fused-ring (bicyclic) bond motifs is 1. The third kappa shape index (κ3) is 1.70. The highest BCUT2D eigenvalue weighted by molar-refractivity contribution is 7.16. The first-order valence-electron chi connectivity index (χ1n) is 6.55. The summed E-state index contributed by atoms with van der Waals surface area (Å²) in [6.07, 6.45) is 1.65. The van der Waals surface area contributed by atoms with Crippen molar-refractivity contribution in [1.82, 2.24) is 24.7 Å². The number of aromatic nitrogens is 5. The van der Waals surface area contributed by atoms with E-state index in [0.29, 0.717) is 6.04 Å². The standard InChI is InChI=1S/C13H14N6S/c1-8-16-9(2)19(17-8)10-5-18(6-10)12-11-3-4-20-13(11)15-7-14-12/h3-4,7,10H,5-6H2,1-2H3. The molecule has 1 aliphatic rings. The van der Waals surface area contributed by atoms with E-state index in [4.69, 9.17) is 0 Å². The molecule has 1 saturated heterocycles. The van der Waals surface area contributed by atoms with Gasteiger partial charge in [-0.2, -0.15) is 5.10 Å². The van der Waals surface area contributed by atoms with E-state index in [9.17, 15) is 0 Å². The fraction of sp³-hybridized carbons (Fsp3) is 0.385. The second-order valence-corrected chi connectivity index (χ2v) is 5.94. The number of hydrogen-bond acceptors (Lipinski definition) is 6. The molecule has 0 unspecified atom stereocenters. The molecule has 0 radical (unpaired) electrons. The average Bonchev–Trinajstić information content (AvgIpc) is 2.95. The zero-order valence-electron chi connectivity index (χ0n) is 11.3. The van der Waals surface area contributed by atoms with Crippen LogP contribution in [0.4, 0.5) is 5.82 Å². The van der Waals surface area contributed by atoms with Gasteiger partial charge in [0.2, 0.25) is 0 Å². The van der Waals surface area contributed by atoms with E-state index in [2.05, 4.69) is 36.4 Å². The Bertz CT molecular complexity index is 770. The summed E-state index contributed by atoms with van der Waals surface area (Å²) in [6, 6.07) is 2.48.